The molecule has 0 aliphatic heterocycles. The molecule has 0 bridgehead atoms. The molecule has 3 rings (SSSR count). The molecule has 0 aliphatic rings. The van der Waals surface area contributed by atoms with Gasteiger partial charge in [-0.25, -0.2) is 4.68 Å². The van der Waals surface area contributed by atoms with Crippen molar-refractivity contribution < 1.29 is 22.6 Å². The maximum absolute atomic E-state index is 12.4. The molecular weight excluding hydrogens is 413 g/mol. The minimum Gasteiger partial charge on any atom is -0.496 e. The fourth-order valence-corrected chi connectivity index (χ4v) is 2.48. The van der Waals surface area contributed by atoms with Gasteiger partial charge in [-0.2, -0.15) is 18.3 Å². The number of nitrogens with zero attached hydrogens (tertiary/aromatic N) is 2. The van der Waals surface area contributed by atoms with Gasteiger partial charge in [0.1, 0.15) is 17.2 Å². The van der Waals surface area contributed by atoms with E-state index in [1.165, 1.54) is 7.11 Å². The van der Waals surface area contributed by atoms with E-state index in [9.17, 15) is 13.2 Å². The van der Waals surface area contributed by atoms with E-state index < -0.39 is 11.7 Å². The molecule has 0 saturated heterocycles. The van der Waals surface area contributed by atoms with Crippen molar-refractivity contribution in [2.75, 3.05) is 14.2 Å². The van der Waals surface area contributed by atoms with E-state index in [1.54, 1.807) is 31.4 Å². The number of rotatable bonds is 3. The molecule has 0 saturated carbocycles. The van der Waals surface area contributed by atoms with Crippen LogP contribution in [-0.4, -0.2) is 24.0 Å². The Kier molecular flexibility index (Phi) is 6.68. The normalized spacial score (nSPS) is 10.7. The average Bonchev–Trinajstić information content (AvgIpc) is 3.13. The second-order valence-electron chi connectivity index (χ2n) is 4.98. The quantitative estimate of drug-likeness (QED) is 0.563. The Hall–Kier alpha value is -2.48. The number of aromatic nitrogens is 2. The van der Waals surface area contributed by atoms with Crippen LogP contribution < -0.4 is 9.47 Å². The molecule has 26 heavy (non-hydrogen) atoms. The lowest BCUT2D eigenvalue weighted by Gasteiger charge is -2.07. The molecule has 3 aromatic rings. The molecule has 2 aromatic carbocycles. The first-order valence-electron chi connectivity index (χ1n) is 7.40. The number of ether oxygens (including phenoxy) is 2. The second kappa shape index (κ2) is 8.75. The third-order valence-electron chi connectivity index (χ3n) is 3.30. The van der Waals surface area contributed by atoms with E-state index in [0.29, 0.717) is 11.4 Å². The van der Waals surface area contributed by atoms with E-state index in [4.69, 9.17) is 9.47 Å². The topological polar surface area (TPSA) is 36.3 Å². The molecular formula is C18H16BrF3N2O2. The fourth-order valence-electron chi connectivity index (χ4n) is 2.03. The van der Waals surface area contributed by atoms with Crippen LogP contribution in [0.25, 0.3) is 5.69 Å². The van der Waals surface area contributed by atoms with Gasteiger partial charge in [0.05, 0.1) is 30.5 Å². The maximum Gasteiger partial charge on any atom is 0.419 e. The Morgan fingerprint density at radius 3 is 2.00 bits per heavy atom. The van der Waals surface area contributed by atoms with Crippen LogP contribution >= 0.6 is 15.9 Å². The first-order chi connectivity index (χ1) is 12.4. The highest BCUT2D eigenvalue weighted by atomic mass is 79.9. The molecule has 1 heterocycles. The zero-order chi connectivity index (χ0) is 19.2. The number of methoxy groups -OCH3 is 2. The van der Waals surface area contributed by atoms with Crippen LogP contribution in [0.1, 0.15) is 5.56 Å². The molecule has 0 fully saturated rings. The van der Waals surface area contributed by atoms with Gasteiger partial charge in [-0.15, -0.1) is 0 Å². The predicted molar refractivity (Wildman–Crippen MR) is 95.8 cm³/mol. The van der Waals surface area contributed by atoms with Crippen molar-refractivity contribution in [2.45, 2.75) is 6.18 Å². The summed E-state index contributed by atoms with van der Waals surface area (Å²) in [5.41, 5.74) is -0.325. The standard InChI is InChI=1S/C11H9F3N2O.C7H7BrO/c1-17-10-5-3-2-4-9(10)16-7-8(6-15-16)11(12,13)14;1-9-7-5-3-2-4-6(7)8/h2-7H,1H3;2-5H,1H3. The first-order valence-corrected chi connectivity index (χ1v) is 8.20. The van der Waals surface area contributed by atoms with Gasteiger partial charge in [0.25, 0.3) is 0 Å². The van der Waals surface area contributed by atoms with Crippen molar-refractivity contribution in [3.8, 4) is 17.2 Å². The lowest BCUT2D eigenvalue weighted by molar-refractivity contribution is -0.137. The van der Waals surface area contributed by atoms with Crippen molar-refractivity contribution in [1.82, 2.24) is 9.78 Å². The van der Waals surface area contributed by atoms with Gasteiger partial charge in [0.2, 0.25) is 0 Å². The number of hydrogen-bond acceptors (Lipinski definition) is 3. The molecule has 0 unspecified atom stereocenters. The van der Waals surface area contributed by atoms with Crippen molar-refractivity contribution in [2.24, 2.45) is 0 Å². The molecule has 0 atom stereocenters. The molecule has 0 spiro atoms. The number of benzene rings is 2. The molecule has 138 valence electrons. The van der Waals surface area contributed by atoms with Crippen molar-refractivity contribution in [3.63, 3.8) is 0 Å². The molecule has 4 nitrogen and oxygen atoms in total. The van der Waals surface area contributed by atoms with Gasteiger partial charge in [0, 0.05) is 6.20 Å². The highest BCUT2D eigenvalue weighted by molar-refractivity contribution is 9.10. The maximum atomic E-state index is 12.4. The van der Waals surface area contributed by atoms with E-state index in [-0.39, 0.29) is 0 Å². The molecule has 0 aliphatic carbocycles. The Morgan fingerprint density at radius 1 is 0.923 bits per heavy atom. The van der Waals surface area contributed by atoms with Gasteiger partial charge >= 0.3 is 6.18 Å². The molecule has 8 heteroatoms. The summed E-state index contributed by atoms with van der Waals surface area (Å²) < 4.78 is 49.4. The third kappa shape index (κ3) is 5.01. The summed E-state index contributed by atoms with van der Waals surface area (Å²) in [5, 5.41) is 3.68. The van der Waals surface area contributed by atoms with Gasteiger partial charge in [0.15, 0.2) is 0 Å². The van der Waals surface area contributed by atoms with Crippen LogP contribution in [0.3, 0.4) is 0 Å². The van der Waals surface area contributed by atoms with E-state index >= 15 is 0 Å². The lowest BCUT2D eigenvalue weighted by atomic mass is 10.3. The van der Waals surface area contributed by atoms with Gasteiger partial charge in [-0.05, 0) is 40.2 Å². The Bertz CT molecular complexity index is 850. The summed E-state index contributed by atoms with van der Waals surface area (Å²) in [6.45, 7) is 0. The summed E-state index contributed by atoms with van der Waals surface area (Å²) in [6.07, 6.45) is -2.68. The first kappa shape index (κ1) is 19.8. The largest absolute Gasteiger partial charge is 0.496 e. The van der Waals surface area contributed by atoms with Crippen molar-refractivity contribution in [1.29, 1.82) is 0 Å². The van der Waals surface area contributed by atoms with Gasteiger partial charge in [-0.3, -0.25) is 0 Å². The number of hydrogen-bond donors (Lipinski definition) is 0. The SMILES string of the molecule is COc1ccccc1-n1cc(C(F)(F)F)cn1.COc1ccccc1Br. The molecule has 0 amide bonds. The number of halogens is 4. The van der Waals surface area contributed by atoms with Crippen LogP contribution in [0.15, 0.2) is 65.4 Å². The Balaban J connectivity index is 0.000000228. The minimum atomic E-state index is -4.39. The zero-order valence-electron chi connectivity index (χ0n) is 14.0. The van der Waals surface area contributed by atoms with E-state index in [1.807, 2.05) is 24.3 Å². The number of para-hydroxylation sites is 3. The highest BCUT2D eigenvalue weighted by Gasteiger charge is 2.32. The van der Waals surface area contributed by atoms with Crippen molar-refractivity contribution in [3.05, 3.63) is 71.0 Å². The van der Waals surface area contributed by atoms with E-state index in [0.717, 1.165) is 27.3 Å². The van der Waals surface area contributed by atoms with Gasteiger partial charge < -0.3 is 9.47 Å². The van der Waals surface area contributed by atoms with Crippen LogP contribution in [0.2, 0.25) is 0 Å². The number of alkyl halides is 3. The highest BCUT2D eigenvalue weighted by Crippen LogP contribution is 2.30. The summed E-state index contributed by atoms with van der Waals surface area (Å²) in [5.74, 6) is 1.34. The summed E-state index contributed by atoms with van der Waals surface area (Å²) >= 11 is 3.33. The monoisotopic (exact) mass is 428 g/mol. The van der Waals surface area contributed by atoms with E-state index in [2.05, 4.69) is 21.0 Å². The second-order valence-corrected chi connectivity index (χ2v) is 5.83. The Labute approximate surface area is 157 Å². The predicted octanol–water partition coefficient (Wildman–Crippen LogP) is 5.36. The lowest BCUT2D eigenvalue weighted by Crippen LogP contribution is -2.03. The summed E-state index contributed by atoms with van der Waals surface area (Å²) in [6, 6.07) is 14.5. The van der Waals surface area contributed by atoms with Crippen molar-refractivity contribution >= 4 is 15.9 Å². The summed E-state index contributed by atoms with van der Waals surface area (Å²) in [7, 11) is 3.10. The average molecular weight is 429 g/mol. The molecule has 0 radical (unpaired) electrons. The van der Waals surface area contributed by atoms with Gasteiger partial charge in [-0.1, -0.05) is 24.3 Å². The minimum absolute atomic E-state index is 0.462. The summed E-state index contributed by atoms with van der Waals surface area (Å²) in [4.78, 5) is 0. The van der Waals surface area contributed by atoms with Crippen LogP contribution in [0, 0.1) is 0 Å². The Morgan fingerprint density at radius 2 is 1.50 bits per heavy atom. The van der Waals surface area contributed by atoms with Crippen LogP contribution in [0.5, 0.6) is 11.5 Å². The molecule has 0 N–H and O–H groups in total. The smallest absolute Gasteiger partial charge is 0.419 e. The van der Waals surface area contributed by atoms with Crippen LogP contribution in [-0.2, 0) is 6.18 Å². The van der Waals surface area contributed by atoms with Crippen LogP contribution in [0.4, 0.5) is 13.2 Å². The zero-order valence-corrected chi connectivity index (χ0v) is 15.6. The fraction of sp³-hybridized carbons (Fsp3) is 0.167. The third-order valence-corrected chi connectivity index (χ3v) is 3.95. The molecule has 1 aromatic heterocycles.